The van der Waals surface area contributed by atoms with Crippen LogP contribution in [-0.2, 0) is 14.2 Å². The molecule has 0 saturated carbocycles. The molecule has 6 aromatic heterocycles. The number of aromatic amines is 2. The van der Waals surface area contributed by atoms with Crippen molar-refractivity contribution in [2.24, 2.45) is 17.8 Å². The molecule has 0 unspecified atom stereocenters. The molecule has 3 saturated heterocycles. The number of aliphatic hydroxyl groups excluding tert-OH is 9. The minimum Gasteiger partial charge on any atom is -0.397 e. The molecule has 9 rings (SSSR count). The lowest BCUT2D eigenvalue weighted by Gasteiger charge is -2.27. The molecule has 0 spiro atoms. The monoisotopic (exact) mass is 899 g/mol. The Labute approximate surface area is 362 Å². The predicted octanol–water partition coefficient (Wildman–Crippen LogP) is -3.09. The summed E-state index contributed by atoms with van der Waals surface area (Å²) in [5.74, 6) is -0.755. The van der Waals surface area contributed by atoms with Crippen LogP contribution < -0.4 is 16.7 Å². The zero-order chi connectivity index (χ0) is 46.5. The van der Waals surface area contributed by atoms with Gasteiger partial charge in [-0.1, -0.05) is 20.8 Å². The molecule has 3 fully saturated rings. The van der Waals surface area contributed by atoms with Gasteiger partial charge < -0.3 is 75.9 Å². The minimum absolute atomic E-state index is 0.168. The normalized spacial score (nSPS) is 28.0. The third-order valence-corrected chi connectivity index (χ3v) is 12.5. The lowest BCUT2D eigenvalue weighted by molar-refractivity contribution is -0.149. The quantitative estimate of drug-likeness (QED) is 0.0684. The number of fused-ring (bicyclic) bond motifs is 3. The van der Waals surface area contributed by atoms with Crippen LogP contribution in [0.3, 0.4) is 0 Å². The van der Waals surface area contributed by atoms with Gasteiger partial charge in [-0.2, -0.15) is 0 Å². The first-order valence-electron chi connectivity index (χ1n) is 20.3. The first kappa shape index (κ1) is 46.7. The predicted molar refractivity (Wildman–Crippen MR) is 222 cm³/mol. The summed E-state index contributed by atoms with van der Waals surface area (Å²) in [7, 11) is 0. The first-order valence-corrected chi connectivity index (χ1v) is 20.3. The lowest BCUT2D eigenvalue weighted by atomic mass is 9.92. The molecule has 0 bridgehead atoms. The van der Waals surface area contributed by atoms with E-state index in [0.29, 0.717) is 34.0 Å². The van der Waals surface area contributed by atoms with Gasteiger partial charge in [0.25, 0.3) is 5.56 Å². The number of aryl methyl sites for hydroxylation is 1. The molecular formula is C39H53N11O14. The SMILES string of the molecule is C[C@@H]1[C@H](n2cnc3c(=O)cc[nH]c32)OC(CO)(CO)[C@H]1O.C[C@@H]1[C@H](n2cnc3c(N)ccnc32)OC(CO)(CO)[C@H]1O.Cc1nc2c(ncn2[C@@H]2OC(CO)(CO)[C@@H](O)[C@@H]2C)c(=O)[nH]1. The van der Waals surface area contributed by atoms with Crippen molar-refractivity contribution in [1.82, 2.24) is 48.6 Å². The summed E-state index contributed by atoms with van der Waals surface area (Å²) in [5, 5.41) is 87.6. The Morgan fingerprint density at radius 3 is 1.56 bits per heavy atom. The van der Waals surface area contributed by atoms with E-state index >= 15 is 0 Å². The standard InChI is InChI=1S/C13H18N4O5.C13H18N4O4.C13H17N3O5/c1-6-9(20)13(3-18,4-19)22-12(6)17-5-14-8-10(17)15-7(2)16-11(8)21;1-7-10(20)13(4-18,5-19)21-12(7)17-6-16-9-8(14)2-3-15-11(9)17;1-7-10(20)13(4-17,5-18)21-12(7)16-6-15-9-8(19)2-3-14-11(9)16/h5-6,9,12,18-20H,3-4H2,1-2H3,(H,15,16,21);2-3,6-7,10,12,18-20H,4-5H2,1H3,(H2,14,15);2-3,6-7,10,12,17-18,20H,4-5H2,1H3,(H,14,19)/t6-,9-,12+;2*7-,10-,12+/m000/s1. The Balaban J connectivity index is 0.000000144. The number of nitrogens with one attached hydrogen (secondary N) is 2. The van der Waals surface area contributed by atoms with Gasteiger partial charge in [0.05, 0.1) is 82.6 Å². The van der Waals surface area contributed by atoms with E-state index in [0.717, 1.165) is 0 Å². The summed E-state index contributed by atoms with van der Waals surface area (Å²) in [5.41, 5.74) is 3.84. The number of H-pyrrole nitrogens is 2. The van der Waals surface area contributed by atoms with Gasteiger partial charge in [-0.25, -0.2) is 24.9 Å². The van der Waals surface area contributed by atoms with Crippen molar-refractivity contribution >= 4 is 39.2 Å². The Bertz CT molecular complexity index is 2690. The molecule has 64 heavy (non-hydrogen) atoms. The number of hydrogen-bond acceptors (Lipinski definition) is 20. The van der Waals surface area contributed by atoms with Crippen molar-refractivity contribution in [2.45, 2.75) is 81.5 Å². The van der Waals surface area contributed by atoms with Crippen molar-refractivity contribution in [3.05, 3.63) is 69.9 Å². The van der Waals surface area contributed by atoms with Crippen molar-refractivity contribution in [2.75, 3.05) is 45.4 Å². The maximum absolute atomic E-state index is 11.9. The Kier molecular flexibility index (Phi) is 13.1. The molecule has 0 radical (unpaired) electrons. The van der Waals surface area contributed by atoms with Crippen molar-refractivity contribution in [1.29, 1.82) is 0 Å². The number of aromatic nitrogens is 10. The molecule has 348 valence electrons. The fourth-order valence-electron chi connectivity index (χ4n) is 8.54. The van der Waals surface area contributed by atoms with E-state index in [2.05, 4.69) is 34.9 Å². The molecule has 9 heterocycles. The second kappa shape index (κ2) is 17.9. The average Bonchev–Trinajstić information content (AvgIpc) is 4.15. The number of aliphatic hydroxyl groups is 9. The van der Waals surface area contributed by atoms with Gasteiger partial charge in [0.2, 0.25) is 5.43 Å². The van der Waals surface area contributed by atoms with E-state index in [1.54, 1.807) is 53.7 Å². The minimum atomic E-state index is -1.45. The number of ether oxygens (including phenoxy) is 3. The molecule has 0 amide bonds. The number of pyridine rings is 2. The summed E-state index contributed by atoms with van der Waals surface area (Å²) in [6.45, 7) is 3.89. The molecule has 3 aliphatic heterocycles. The summed E-state index contributed by atoms with van der Waals surface area (Å²) < 4.78 is 22.0. The van der Waals surface area contributed by atoms with E-state index in [4.69, 9.17) is 19.9 Å². The van der Waals surface area contributed by atoms with Gasteiger partial charge in [0, 0.05) is 36.2 Å². The summed E-state index contributed by atoms with van der Waals surface area (Å²) in [4.78, 5) is 49.9. The van der Waals surface area contributed by atoms with Crippen LogP contribution in [0.1, 0.15) is 45.3 Å². The molecule has 0 aliphatic carbocycles. The van der Waals surface area contributed by atoms with Crippen LogP contribution in [0.25, 0.3) is 33.5 Å². The number of nitrogens with two attached hydrogens (primary N) is 1. The molecule has 9 atom stereocenters. The molecule has 0 aromatic carbocycles. The third-order valence-electron chi connectivity index (χ3n) is 12.5. The van der Waals surface area contributed by atoms with Gasteiger partial charge >= 0.3 is 0 Å². The number of hydrogen-bond donors (Lipinski definition) is 12. The molecule has 25 nitrogen and oxygen atoms in total. The smallest absolute Gasteiger partial charge is 0.279 e. The van der Waals surface area contributed by atoms with Crippen molar-refractivity contribution in [3.8, 4) is 0 Å². The maximum Gasteiger partial charge on any atom is 0.279 e. The molecule has 13 N–H and O–H groups in total. The van der Waals surface area contributed by atoms with Crippen LogP contribution in [0, 0.1) is 24.7 Å². The van der Waals surface area contributed by atoms with Gasteiger partial charge in [0.15, 0.2) is 22.3 Å². The first-order chi connectivity index (χ1) is 30.5. The van der Waals surface area contributed by atoms with Crippen LogP contribution in [0.4, 0.5) is 5.69 Å². The largest absolute Gasteiger partial charge is 0.397 e. The zero-order valence-electron chi connectivity index (χ0n) is 35.2. The van der Waals surface area contributed by atoms with Gasteiger partial charge in [0.1, 0.15) is 52.5 Å². The lowest BCUT2D eigenvalue weighted by Crippen LogP contribution is -2.47. The van der Waals surface area contributed by atoms with Crippen LogP contribution in [0.2, 0.25) is 0 Å². The number of nitrogens with zero attached hydrogens (tertiary/aromatic N) is 8. The van der Waals surface area contributed by atoms with Crippen LogP contribution in [-0.4, -0.2) is 169 Å². The highest BCUT2D eigenvalue weighted by Crippen LogP contribution is 2.44. The highest BCUT2D eigenvalue weighted by Gasteiger charge is 2.55. The topological polar surface area (TPSA) is 381 Å². The highest BCUT2D eigenvalue weighted by molar-refractivity contribution is 5.83. The summed E-state index contributed by atoms with van der Waals surface area (Å²) in [6.07, 6.45) is 2.41. The summed E-state index contributed by atoms with van der Waals surface area (Å²) >= 11 is 0. The maximum atomic E-state index is 11.9. The number of rotatable bonds is 9. The highest BCUT2D eigenvalue weighted by atomic mass is 16.6. The van der Waals surface area contributed by atoms with Crippen LogP contribution >= 0.6 is 0 Å². The Hall–Kier alpha value is -5.29. The van der Waals surface area contributed by atoms with E-state index < -0.39 is 105 Å². The van der Waals surface area contributed by atoms with Crippen LogP contribution in [0.5, 0.6) is 0 Å². The van der Waals surface area contributed by atoms with Crippen molar-refractivity contribution in [3.63, 3.8) is 0 Å². The molecular weight excluding hydrogens is 846 g/mol. The molecule has 25 heteroatoms. The molecule has 3 aliphatic rings. The number of anilines is 1. The van der Waals surface area contributed by atoms with Gasteiger partial charge in [-0.05, 0) is 13.0 Å². The molecule has 6 aromatic rings. The van der Waals surface area contributed by atoms with Crippen LogP contribution in [0.15, 0.2) is 53.1 Å². The third kappa shape index (κ3) is 7.55. The second-order valence-corrected chi connectivity index (χ2v) is 16.5. The van der Waals surface area contributed by atoms with Crippen molar-refractivity contribution < 1.29 is 60.2 Å². The van der Waals surface area contributed by atoms with E-state index in [9.17, 15) is 55.5 Å². The Morgan fingerprint density at radius 1 is 0.641 bits per heavy atom. The fourth-order valence-corrected chi connectivity index (χ4v) is 8.54. The zero-order valence-corrected chi connectivity index (χ0v) is 35.2. The summed E-state index contributed by atoms with van der Waals surface area (Å²) in [6, 6.07) is 3.03. The van der Waals surface area contributed by atoms with E-state index in [-0.39, 0.29) is 27.9 Å². The number of nitrogen functional groups attached to an aromatic ring is 1. The fraction of sp³-hybridized carbons (Fsp3) is 0.564. The Morgan fingerprint density at radius 2 is 1.08 bits per heavy atom. The van der Waals surface area contributed by atoms with Gasteiger partial charge in [-0.15, -0.1) is 0 Å². The van der Waals surface area contributed by atoms with Gasteiger partial charge in [-0.3, -0.25) is 23.3 Å². The average molecular weight is 900 g/mol. The number of imidazole rings is 3. The van der Waals surface area contributed by atoms with E-state index in [1.165, 1.54) is 31.2 Å². The van der Waals surface area contributed by atoms with E-state index in [1.807, 2.05) is 0 Å². The second-order valence-electron chi connectivity index (χ2n) is 16.5.